The van der Waals surface area contributed by atoms with Crippen molar-refractivity contribution >= 4 is 73.7 Å². The molecule has 0 aromatic heterocycles. The monoisotopic (exact) mass is 570 g/mol. The van der Waals surface area contributed by atoms with E-state index in [4.69, 9.17) is 17.4 Å². The molecule has 2 aliphatic rings. The summed E-state index contributed by atoms with van der Waals surface area (Å²) in [6.07, 6.45) is 4.75. The molecule has 2 heterocycles. The van der Waals surface area contributed by atoms with E-state index >= 15 is 0 Å². The number of likely N-dealkylation sites (tertiary alicyclic amines) is 1. The molecular formula is C25H22N4O6S3. The number of rotatable bonds is 8. The molecule has 13 heteroatoms. The van der Waals surface area contributed by atoms with Gasteiger partial charge in [-0.25, -0.2) is 13.6 Å². The van der Waals surface area contributed by atoms with Crippen molar-refractivity contribution in [3.05, 3.63) is 77.2 Å². The van der Waals surface area contributed by atoms with Gasteiger partial charge in [0.05, 0.1) is 16.2 Å². The van der Waals surface area contributed by atoms with Crippen LogP contribution in [0.15, 0.2) is 76.5 Å². The number of nitrogens with two attached hydrogens (primary N) is 1. The minimum Gasteiger partial charge on any atom is -0.326 e. The molecule has 1 atom stereocenters. The number of anilines is 1. The van der Waals surface area contributed by atoms with Crippen LogP contribution in [0.5, 0.6) is 0 Å². The average Bonchev–Trinajstić information content (AvgIpc) is 3.31. The normalized spacial score (nSPS) is 19.3. The number of allylic oxidation sites excluding steroid dienone is 2. The van der Waals surface area contributed by atoms with Gasteiger partial charge < -0.3 is 5.32 Å². The van der Waals surface area contributed by atoms with Gasteiger partial charge in [0.2, 0.25) is 21.8 Å². The number of carbonyl (C=O) groups is 4. The quantitative estimate of drug-likeness (QED) is 0.279. The van der Waals surface area contributed by atoms with Crippen molar-refractivity contribution in [1.29, 1.82) is 0 Å². The van der Waals surface area contributed by atoms with Gasteiger partial charge in [-0.1, -0.05) is 66.5 Å². The van der Waals surface area contributed by atoms with E-state index in [0.29, 0.717) is 10.6 Å². The predicted molar refractivity (Wildman–Crippen MR) is 147 cm³/mol. The number of hydrogen-bond acceptors (Lipinski definition) is 8. The summed E-state index contributed by atoms with van der Waals surface area (Å²) in [6.45, 7) is -0.181. The van der Waals surface area contributed by atoms with Crippen LogP contribution in [0.1, 0.15) is 18.4 Å². The maximum atomic E-state index is 13.0. The van der Waals surface area contributed by atoms with Crippen LogP contribution >= 0.6 is 24.0 Å². The largest absolute Gasteiger partial charge is 0.326 e. The zero-order valence-corrected chi connectivity index (χ0v) is 22.2. The fourth-order valence-electron chi connectivity index (χ4n) is 3.84. The van der Waals surface area contributed by atoms with Crippen LogP contribution in [0.2, 0.25) is 0 Å². The molecule has 10 nitrogen and oxygen atoms in total. The second-order valence-electron chi connectivity index (χ2n) is 8.31. The topological polar surface area (TPSA) is 147 Å². The van der Waals surface area contributed by atoms with Crippen LogP contribution in [-0.4, -0.2) is 58.8 Å². The van der Waals surface area contributed by atoms with Crippen LogP contribution in [0.4, 0.5) is 5.69 Å². The minimum atomic E-state index is -3.86. The Labute approximate surface area is 228 Å². The highest BCUT2D eigenvalue weighted by Gasteiger charge is 2.48. The van der Waals surface area contributed by atoms with E-state index in [1.54, 1.807) is 12.2 Å². The molecule has 0 aliphatic carbocycles. The van der Waals surface area contributed by atoms with Crippen LogP contribution in [0, 0.1) is 0 Å². The van der Waals surface area contributed by atoms with Crippen molar-refractivity contribution in [1.82, 2.24) is 9.80 Å². The van der Waals surface area contributed by atoms with Gasteiger partial charge in [0.1, 0.15) is 10.4 Å². The molecule has 196 valence electrons. The molecule has 4 rings (SSSR count). The van der Waals surface area contributed by atoms with Crippen molar-refractivity contribution in [3.63, 3.8) is 0 Å². The number of thiocarbonyl (C=S) groups is 1. The first-order chi connectivity index (χ1) is 18.0. The van der Waals surface area contributed by atoms with E-state index < -0.39 is 39.7 Å². The van der Waals surface area contributed by atoms with Gasteiger partial charge in [0, 0.05) is 18.7 Å². The Bertz CT molecular complexity index is 1470. The van der Waals surface area contributed by atoms with Crippen LogP contribution in [0.3, 0.4) is 0 Å². The Morgan fingerprint density at radius 2 is 1.79 bits per heavy atom. The van der Waals surface area contributed by atoms with Crippen molar-refractivity contribution in [2.75, 3.05) is 11.9 Å². The van der Waals surface area contributed by atoms with Gasteiger partial charge in [0.25, 0.3) is 11.8 Å². The highest BCUT2D eigenvalue weighted by Crippen LogP contribution is 2.35. The minimum absolute atomic E-state index is 0.104. The summed E-state index contributed by atoms with van der Waals surface area (Å²) >= 11 is 6.38. The molecule has 0 saturated carbocycles. The molecule has 2 aliphatic heterocycles. The molecular weight excluding hydrogens is 548 g/mol. The van der Waals surface area contributed by atoms with Crippen molar-refractivity contribution in [2.24, 2.45) is 5.14 Å². The lowest BCUT2D eigenvalue weighted by Gasteiger charge is -2.21. The number of thioether (sulfide) groups is 1. The predicted octanol–water partition coefficient (Wildman–Crippen LogP) is 2.25. The molecule has 2 saturated heterocycles. The summed E-state index contributed by atoms with van der Waals surface area (Å²) in [5.41, 5.74) is 1.28. The van der Waals surface area contributed by atoms with Crippen LogP contribution in [-0.2, 0) is 29.2 Å². The van der Waals surface area contributed by atoms with E-state index in [0.717, 1.165) is 27.1 Å². The molecule has 0 spiro atoms. The Morgan fingerprint density at radius 1 is 1.11 bits per heavy atom. The Morgan fingerprint density at radius 3 is 2.45 bits per heavy atom. The van der Waals surface area contributed by atoms with Gasteiger partial charge in [0.15, 0.2) is 0 Å². The smallest absolute Gasteiger partial charge is 0.266 e. The number of sulfonamides is 1. The summed E-state index contributed by atoms with van der Waals surface area (Å²) in [4.78, 5) is 53.3. The summed E-state index contributed by atoms with van der Waals surface area (Å²) in [5, 5.41) is 7.62. The van der Waals surface area contributed by atoms with Gasteiger partial charge in [-0.3, -0.25) is 29.0 Å². The first-order valence-electron chi connectivity index (χ1n) is 11.3. The number of benzene rings is 2. The first kappa shape index (κ1) is 27.4. The number of primary sulfonamides is 1. The van der Waals surface area contributed by atoms with E-state index in [-0.39, 0.29) is 28.6 Å². The Hall–Kier alpha value is -3.65. The van der Waals surface area contributed by atoms with Crippen molar-refractivity contribution < 1.29 is 27.6 Å². The summed E-state index contributed by atoms with van der Waals surface area (Å²) in [7, 11) is -3.86. The molecule has 38 heavy (non-hydrogen) atoms. The number of nitrogens with one attached hydrogen (secondary N) is 1. The highest BCUT2D eigenvalue weighted by atomic mass is 32.2. The third-order valence-electron chi connectivity index (χ3n) is 5.72. The fraction of sp³-hybridized carbons (Fsp3) is 0.160. The Kier molecular flexibility index (Phi) is 8.21. The molecule has 3 N–H and O–H groups in total. The first-order valence-corrected chi connectivity index (χ1v) is 14.1. The maximum absolute atomic E-state index is 13.0. The van der Waals surface area contributed by atoms with Crippen LogP contribution in [0.25, 0.3) is 6.08 Å². The summed E-state index contributed by atoms with van der Waals surface area (Å²) in [6, 6.07) is 13.7. The molecule has 0 radical (unpaired) electrons. The fourth-order valence-corrected chi connectivity index (χ4v) is 5.66. The van der Waals surface area contributed by atoms with Gasteiger partial charge >= 0.3 is 0 Å². The van der Waals surface area contributed by atoms with Crippen molar-refractivity contribution in [2.45, 2.75) is 23.8 Å². The number of hydrogen-bond donors (Lipinski definition) is 2. The van der Waals surface area contributed by atoms with Crippen molar-refractivity contribution in [3.8, 4) is 0 Å². The molecule has 0 bridgehead atoms. The second-order valence-corrected chi connectivity index (χ2v) is 11.6. The lowest BCUT2D eigenvalue weighted by atomic mass is 10.2. The third kappa shape index (κ3) is 6.25. The Balaban J connectivity index is 1.35. The molecule has 2 aromatic rings. The van der Waals surface area contributed by atoms with E-state index in [1.807, 2.05) is 36.4 Å². The van der Waals surface area contributed by atoms with E-state index in [2.05, 4.69) is 5.32 Å². The second kappa shape index (κ2) is 11.4. The van der Waals surface area contributed by atoms with Gasteiger partial charge in [-0.05, 0) is 35.9 Å². The standard InChI is InChI=1S/C25H22N4O6S3/c26-38(34,35)18-11-9-17(10-12-18)27-21(30)13-14-28-22(31)15-19(23(28)32)29-24(33)20(37-25(29)36)8-4-7-16-5-2-1-3-6-16/h1-12,19H,13-15H2,(H,27,30)(H2,26,34,35)/b7-4+,20-8+. The lowest BCUT2D eigenvalue weighted by Crippen LogP contribution is -2.44. The van der Waals surface area contributed by atoms with E-state index in [1.165, 1.54) is 24.3 Å². The average molecular weight is 571 g/mol. The summed E-state index contributed by atoms with van der Waals surface area (Å²) in [5.74, 6) is -2.05. The SMILES string of the molecule is NS(=O)(=O)c1ccc(NC(=O)CCN2C(=O)CC(N3C(=O)/C(=C\C=C\c4ccccc4)SC3=S)C2=O)cc1. The highest BCUT2D eigenvalue weighted by molar-refractivity contribution is 8.26. The van der Waals surface area contributed by atoms with Crippen LogP contribution < -0.4 is 10.5 Å². The van der Waals surface area contributed by atoms with Gasteiger partial charge in [-0.15, -0.1) is 0 Å². The molecule has 2 fully saturated rings. The third-order valence-corrected chi connectivity index (χ3v) is 8.00. The maximum Gasteiger partial charge on any atom is 0.266 e. The van der Waals surface area contributed by atoms with Gasteiger partial charge in [-0.2, -0.15) is 0 Å². The lowest BCUT2D eigenvalue weighted by molar-refractivity contribution is -0.141. The number of amides is 4. The number of nitrogens with zero attached hydrogens (tertiary/aromatic N) is 2. The molecule has 1 unspecified atom stereocenters. The molecule has 4 amide bonds. The zero-order valence-electron chi connectivity index (χ0n) is 19.8. The zero-order chi connectivity index (χ0) is 27.4. The number of carbonyl (C=O) groups excluding carboxylic acids is 4. The number of imide groups is 1. The molecule has 2 aromatic carbocycles. The summed E-state index contributed by atoms with van der Waals surface area (Å²) < 4.78 is 22.9. The van der Waals surface area contributed by atoms with E-state index in [9.17, 15) is 27.6 Å².